The normalized spacial score (nSPS) is 17.2. The Morgan fingerprint density at radius 2 is 2.09 bits per heavy atom. The second-order valence-electron chi connectivity index (χ2n) is 5.83. The fourth-order valence-electron chi connectivity index (χ4n) is 2.88. The number of rotatable bonds is 6. The Labute approximate surface area is 137 Å². The van der Waals surface area contributed by atoms with E-state index in [2.05, 4.69) is 40.2 Å². The Bertz CT molecular complexity index is 649. The number of aromatic nitrogens is 1. The standard InChI is InChI=1S/C19H21N3O/c20-13-17-8-9-19(21-14-17)22-11-10-18(15-22)23-12-4-7-16-5-2-1-3-6-16/h1-3,5-6,8-9,14,18H,4,7,10-12,15H2/t18-/m1/s1. The van der Waals surface area contributed by atoms with Crippen LogP contribution in [0.15, 0.2) is 48.7 Å². The highest BCUT2D eigenvalue weighted by Gasteiger charge is 2.23. The quantitative estimate of drug-likeness (QED) is 0.769. The van der Waals surface area contributed by atoms with E-state index in [9.17, 15) is 0 Å². The van der Waals surface area contributed by atoms with E-state index in [0.29, 0.717) is 5.56 Å². The highest BCUT2D eigenvalue weighted by molar-refractivity contribution is 5.42. The number of benzene rings is 1. The third kappa shape index (κ3) is 4.30. The van der Waals surface area contributed by atoms with Gasteiger partial charge in [-0.3, -0.25) is 0 Å². The van der Waals surface area contributed by atoms with Crippen molar-refractivity contribution in [2.24, 2.45) is 0 Å². The summed E-state index contributed by atoms with van der Waals surface area (Å²) < 4.78 is 6.00. The van der Waals surface area contributed by atoms with Gasteiger partial charge in [0.2, 0.25) is 0 Å². The van der Waals surface area contributed by atoms with Crippen LogP contribution in [0.4, 0.5) is 5.82 Å². The van der Waals surface area contributed by atoms with Crippen molar-refractivity contribution >= 4 is 5.82 Å². The average molecular weight is 307 g/mol. The van der Waals surface area contributed by atoms with Crippen molar-refractivity contribution in [1.29, 1.82) is 5.26 Å². The topological polar surface area (TPSA) is 49.2 Å². The zero-order chi connectivity index (χ0) is 15.9. The number of ether oxygens (including phenoxy) is 1. The van der Waals surface area contributed by atoms with E-state index in [4.69, 9.17) is 10.00 Å². The van der Waals surface area contributed by atoms with Gasteiger partial charge in [0, 0.05) is 25.9 Å². The van der Waals surface area contributed by atoms with Crippen molar-refractivity contribution in [1.82, 2.24) is 4.98 Å². The lowest BCUT2D eigenvalue weighted by atomic mass is 10.1. The van der Waals surface area contributed by atoms with Crippen LogP contribution in [-0.2, 0) is 11.2 Å². The first-order valence-electron chi connectivity index (χ1n) is 8.12. The fourth-order valence-corrected chi connectivity index (χ4v) is 2.88. The van der Waals surface area contributed by atoms with Gasteiger partial charge in [-0.05, 0) is 37.0 Å². The molecular weight excluding hydrogens is 286 g/mol. The van der Waals surface area contributed by atoms with Gasteiger partial charge in [0.25, 0.3) is 0 Å². The molecule has 0 aliphatic carbocycles. The van der Waals surface area contributed by atoms with E-state index in [0.717, 1.165) is 44.8 Å². The lowest BCUT2D eigenvalue weighted by molar-refractivity contribution is 0.0666. The number of pyridine rings is 1. The lowest BCUT2D eigenvalue weighted by Gasteiger charge is -2.17. The lowest BCUT2D eigenvalue weighted by Crippen LogP contribution is -2.24. The largest absolute Gasteiger partial charge is 0.376 e. The molecule has 2 heterocycles. The molecule has 23 heavy (non-hydrogen) atoms. The van der Waals surface area contributed by atoms with Crippen LogP contribution in [0.1, 0.15) is 24.0 Å². The Hall–Kier alpha value is -2.38. The van der Waals surface area contributed by atoms with E-state index < -0.39 is 0 Å². The first kappa shape index (κ1) is 15.5. The molecular formula is C19H21N3O. The predicted molar refractivity (Wildman–Crippen MR) is 90.3 cm³/mol. The van der Waals surface area contributed by atoms with Crippen molar-refractivity contribution in [3.8, 4) is 6.07 Å². The fraction of sp³-hybridized carbons (Fsp3) is 0.368. The smallest absolute Gasteiger partial charge is 0.128 e. The van der Waals surface area contributed by atoms with E-state index >= 15 is 0 Å². The number of aryl methyl sites for hydroxylation is 1. The molecule has 2 aromatic rings. The van der Waals surface area contributed by atoms with Gasteiger partial charge in [0.15, 0.2) is 0 Å². The Morgan fingerprint density at radius 3 is 2.83 bits per heavy atom. The summed E-state index contributed by atoms with van der Waals surface area (Å²) >= 11 is 0. The van der Waals surface area contributed by atoms with Crippen LogP contribution in [0.5, 0.6) is 0 Å². The molecule has 118 valence electrons. The molecule has 0 spiro atoms. The summed E-state index contributed by atoms with van der Waals surface area (Å²) in [5.74, 6) is 0.930. The molecule has 1 atom stereocenters. The van der Waals surface area contributed by atoms with Crippen molar-refractivity contribution in [2.45, 2.75) is 25.4 Å². The molecule has 0 saturated carbocycles. The first-order chi connectivity index (χ1) is 11.3. The summed E-state index contributed by atoms with van der Waals surface area (Å²) in [6.07, 6.45) is 5.06. The molecule has 0 N–H and O–H groups in total. The van der Waals surface area contributed by atoms with E-state index in [1.54, 1.807) is 6.20 Å². The Balaban J connectivity index is 1.40. The molecule has 1 aliphatic rings. The van der Waals surface area contributed by atoms with Crippen LogP contribution in [0.25, 0.3) is 0 Å². The summed E-state index contributed by atoms with van der Waals surface area (Å²) in [6.45, 7) is 2.64. The SMILES string of the molecule is N#Cc1ccc(N2CC[C@@H](OCCCc3ccccc3)C2)nc1. The number of anilines is 1. The third-order valence-corrected chi connectivity index (χ3v) is 4.15. The van der Waals surface area contributed by atoms with Gasteiger partial charge in [0.1, 0.15) is 11.9 Å². The molecule has 1 saturated heterocycles. The molecule has 4 heteroatoms. The molecule has 3 rings (SSSR count). The van der Waals surface area contributed by atoms with Crippen molar-refractivity contribution in [2.75, 3.05) is 24.6 Å². The van der Waals surface area contributed by atoms with Gasteiger partial charge < -0.3 is 9.64 Å². The van der Waals surface area contributed by atoms with Gasteiger partial charge in [-0.1, -0.05) is 30.3 Å². The maximum absolute atomic E-state index is 8.82. The highest BCUT2D eigenvalue weighted by Crippen LogP contribution is 2.20. The van der Waals surface area contributed by atoms with E-state index in [1.165, 1.54) is 5.56 Å². The maximum Gasteiger partial charge on any atom is 0.128 e. The zero-order valence-corrected chi connectivity index (χ0v) is 13.2. The molecule has 1 aromatic heterocycles. The predicted octanol–water partition coefficient (Wildman–Crippen LogP) is 3.18. The highest BCUT2D eigenvalue weighted by atomic mass is 16.5. The number of hydrogen-bond donors (Lipinski definition) is 0. The van der Waals surface area contributed by atoms with Crippen LogP contribution in [0, 0.1) is 11.3 Å². The van der Waals surface area contributed by atoms with Crippen LogP contribution in [-0.4, -0.2) is 30.8 Å². The second-order valence-corrected chi connectivity index (χ2v) is 5.83. The Kier molecular flexibility index (Phi) is 5.23. The number of nitriles is 1. The van der Waals surface area contributed by atoms with Gasteiger partial charge in [0.05, 0.1) is 11.7 Å². The van der Waals surface area contributed by atoms with Gasteiger partial charge in [-0.25, -0.2) is 4.98 Å². The summed E-state index contributed by atoms with van der Waals surface area (Å²) in [4.78, 5) is 6.58. The second kappa shape index (κ2) is 7.75. The molecule has 0 bridgehead atoms. The van der Waals surface area contributed by atoms with Crippen molar-refractivity contribution < 1.29 is 4.74 Å². The molecule has 1 fully saturated rings. The third-order valence-electron chi connectivity index (χ3n) is 4.15. The number of hydrogen-bond acceptors (Lipinski definition) is 4. The minimum atomic E-state index is 0.281. The zero-order valence-electron chi connectivity index (χ0n) is 13.2. The van der Waals surface area contributed by atoms with Crippen LogP contribution in [0.2, 0.25) is 0 Å². The van der Waals surface area contributed by atoms with Crippen LogP contribution in [0.3, 0.4) is 0 Å². The summed E-state index contributed by atoms with van der Waals surface area (Å²) in [5.41, 5.74) is 1.97. The van der Waals surface area contributed by atoms with Gasteiger partial charge in [-0.2, -0.15) is 5.26 Å². The molecule has 0 unspecified atom stereocenters. The summed E-state index contributed by atoms with van der Waals surface area (Å²) in [6, 6.07) is 16.3. The van der Waals surface area contributed by atoms with E-state index in [1.807, 2.05) is 18.2 Å². The monoisotopic (exact) mass is 307 g/mol. The molecule has 0 amide bonds. The van der Waals surface area contributed by atoms with Crippen molar-refractivity contribution in [3.63, 3.8) is 0 Å². The van der Waals surface area contributed by atoms with Gasteiger partial charge in [-0.15, -0.1) is 0 Å². The Morgan fingerprint density at radius 1 is 1.22 bits per heavy atom. The van der Waals surface area contributed by atoms with Crippen LogP contribution < -0.4 is 4.90 Å². The first-order valence-corrected chi connectivity index (χ1v) is 8.12. The minimum absolute atomic E-state index is 0.281. The summed E-state index contributed by atoms with van der Waals surface area (Å²) in [7, 11) is 0. The molecule has 0 radical (unpaired) electrons. The average Bonchev–Trinajstić information content (AvgIpc) is 3.09. The molecule has 1 aromatic carbocycles. The van der Waals surface area contributed by atoms with Crippen molar-refractivity contribution in [3.05, 3.63) is 59.8 Å². The van der Waals surface area contributed by atoms with Crippen LogP contribution >= 0.6 is 0 Å². The summed E-state index contributed by atoms with van der Waals surface area (Å²) in [5, 5.41) is 8.82. The molecule has 1 aliphatic heterocycles. The van der Waals surface area contributed by atoms with E-state index in [-0.39, 0.29) is 6.10 Å². The number of nitrogens with zero attached hydrogens (tertiary/aromatic N) is 3. The minimum Gasteiger partial charge on any atom is -0.376 e. The maximum atomic E-state index is 8.82. The molecule has 4 nitrogen and oxygen atoms in total. The van der Waals surface area contributed by atoms with Gasteiger partial charge >= 0.3 is 0 Å².